The summed E-state index contributed by atoms with van der Waals surface area (Å²) in [5, 5.41) is 2.27. The number of halogens is 1. The van der Waals surface area contributed by atoms with Gasteiger partial charge < -0.3 is 22.9 Å². The Morgan fingerprint density at radius 2 is 1.58 bits per heavy atom. The van der Waals surface area contributed by atoms with Crippen LogP contribution < -0.4 is 10.5 Å². The summed E-state index contributed by atoms with van der Waals surface area (Å²) in [5.74, 6) is -0.870. The highest BCUT2D eigenvalue weighted by molar-refractivity contribution is 6.25. The summed E-state index contributed by atoms with van der Waals surface area (Å²) in [6.07, 6.45) is 0.802. The number of ether oxygens (including phenoxy) is 2. The van der Waals surface area contributed by atoms with Crippen molar-refractivity contribution < 1.29 is 32.3 Å². The third-order valence-corrected chi connectivity index (χ3v) is 7.47. The van der Waals surface area contributed by atoms with Gasteiger partial charge in [-0.15, -0.1) is 4.90 Å². The first-order valence-electron chi connectivity index (χ1n) is 15.1. The van der Waals surface area contributed by atoms with Crippen LogP contribution in [0.3, 0.4) is 0 Å². The van der Waals surface area contributed by atoms with Gasteiger partial charge in [-0.3, -0.25) is 0 Å². The van der Waals surface area contributed by atoms with Crippen LogP contribution in [0.5, 0.6) is 0 Å². The third kappa shape index (κ3) is 5.26. The molecule has 0 bridgehead atoms. The van der Waals surface area contributed by atoms with E-state index in [1.54, 1.807) is 82.5 Å². The average Bonchev–Trinajstić information content (AvgIpc) is 3.60. The lowest BCUT2D eigenvalue weighted by molar-refractivity contribution is 0.0427. The fourth-order valence-electron chi connectivity index (χ4n) is 5.69. The molecule has 0 atom stereocenters. The number of aromatic nitrogens is 4. The number of carbonyl (C=O) groups excluding carboxylic acids is 2. The molecule has 244 valence electrons. The predicted molar refractivity (Wildman–Crippen MR) is 177 cm³/mol. The molecule has 5 heterocycles. The van der Waals surface area contributed by atoms with Crippen molar-refractivity contribution >= 4 is 72.9 Å². The molecule has 0 spiro atoms. The molecule has 5 aromatic heterocycles. The van der Waals surface area contributed by atoms with Crippen LogP contribution in [0.4, 0.5) is 19.9 Å². The number of hydrogen-bond acceptors (Lipinski definition) is 10. The van der Waals surface area contributed by atoms with E-state index in [0.717, 1.165) is 0 Å². The summed E-state index contributed by atoms with van der Waals surface area (Å²) in [4.78, 5) is 54.8. The number of rotatable bonds is 3. The molecule has 2 aromatic carbocycles. The SMILES string of the molecule is CC(C)(C)OC(=O)N(C(=O)OC(C)(C)C)c1nc(Cn2c3cc(F)c4ccoc4c3c3c4cccnc4oc(=O)c32)c2ccccc2n1. The second-order valence-electron chi connectivity index (χ2n) is 13.3. The van der Waals surface area contributed by atoms with E-state index in [4.69, 9.17) is 18.3 Å². The Kier molecular flexibility index (Phi) is 6.97. The largest absolute Gasteiger partial charge is 0.463 e. The highest BCUT2D eigenvalue weighted by Crippen LogP contribution is 2.39. The summed E-state index contributed by atoms with van der Waals surface area (Å²) in [5.41, 5.74) is -1.15. The van der Waals surface area contributed by atoms with E-state index < -0.39 is 34.8 Å². The number of pyridine rings is 1. The van der Waals surface area contributed by atoms with E-state index in [0.29, 0.717) is 43.2 Å². The van der Waals surface area contributed by atoms with Crippen LogP contribution in [-0.4, -0.2) is 42.9 Å². The molecule has 13 heteroatoms. The van der Waals surface area contributed by atoms with Gasteiger partial charge in [-0.2, -0.15) is 0 Å². The molecule has 0 unspecified atom stereocenters. The zero-order valence-corrected chi connectivity index (χ0v) is 27.0. The molecular formula is C35H30FN5O7. The van der Waals surface area contributed by atoms with Crippen molar-refractivity contribution in [3.8, 4) is 0 Å². The highest BCUT2D eigenvalue weighted by atomic mass is 19.1. The van der Waals surface area contributed by atoms with Crippen molar-refractivity contribution in [2.24, 2.45) is 0 Å². The molecule has 0 aliphatic rings. The van der Waals surface area contributed by atoms with Gasteiger partial charge in [0.25, 0.3) is 0 Å². The van der Waals surface area contributed by atoms with Crippen molar-refractivity contribution in [1.29, 1.82) is 0 Å². The van der Waals surface area contributed by atoms with E-state index in [-0.39, 0.29) is 34.7 Å². The Bertz CT molecular complexity index is 2470. The summed E-state index contributed by atoms with van der Waals surface area (Å²) in [6, 6.07) is 13.3. The Labute approximate surface area is 271 Å². The monoisotopic (exact) mass is 651 g/mol. The van der Waals surface area contributed by atoms with Crippen LogP contribution in [0.2, 0.25) is 0 Å². The maximum atomic E-state index is 15.6. The fraction of sp³-hybridized carbons (Fsp3) is 0.257. The molecule has 0 aliphatic heterocycles. The van der Waals surface area contributed by atoms with Gasteiger partial charge in [-0.05, 0) is 71.9 Å². The van der Waals surface area contributed by atoms with Crippen molar-refractivity contribution in [3.63, 3.8) is 0 Å². The highest BCUT2D eigenvalue weighted by Gasteiger charge is 2.35. The van der Waals surface area contributed by atoms with Crippen molar-refractivity contribution in [3.05, 3.63) is 82.9 Å². The lowest BCUT2D eigenvalue weighted by atomic mass is 10.1. The van der Waals surface area contributed by atoms with Gasteiger partial charge in [0.1, 0.15) is 28.1 Å². The van der Waals surface area contributed by atoms with Crippen LogP contribution in [0.15, 0.2) is 74.6 Å². The molecule has 2 amide bonds. The molecule has 0 saturated heterocycles. The minimum absolute atomic E-state index is 0.109. The summed E-state index contributed by atoms with van der Waals surface area (Å²) in [6.45, 7) is 9.83. The predicted octanol–water partition coefficient (Wildman–Crippen LogP) is 7.85. The molecule has 12 nitrogen and oxygen atoms in total. The van der Waals surface area contributed by atoms with Gasteiger partial charge in [0.2, 0.25) is 11.7 Å². The van der Waals surface area contributed by atoms with Crippen LogP contribution >= 0.6 is 0 Å². The van der Waals surface area contributed by atoms with Gasteiger partial charge >= 0.3 is 17.8 Å². The number of benzene rings is 2. The zero-order valence-electron chi connectivity index (χ0n) is 27.0. The van der Waals surface area contributed by atoms with Gasteiger partial charge in [0.05, 0.1) is 40.3 Å². The molecule has 0 fully saturated rings. The fourth-order valence-corrected chi connectivity index (χ4v) is 5.69. The summed E-state index contributed by atoms with van der Waals surface area (Å²) < 4.78 is 39.7. The molecular weight excluding hydrogens is 621 g/mol. The maximum absolute atomic E-state index is 15.6. The van der Waals surface area contributed by atoms with Crippen LogP contribution in [0.25, 0.3) is 54.8 Å². The van der Waals surface area contributed by atoms with Crippen molar-refractivity contribution in [2.75, 3.05) is 4.90 Å². The second kappa shape index (κ2) is 10.9. The number of anilines is 1. The number of hydrogen-bond donors (Lipinski definition) is 0. The van der Waals surface area contributed by atoms with Crippen LogP contribution in [0.1, 0.15) is 47.2 Å². The average molecular weight is 652 g/mol. The van der Waals surface area contributed by atoms with Crippen molar-refractivity contribution in [2.45, 2.75) is 59.3 Å². The lowest BCUT2D eigenvalue weighted by Crippen LogP contribution is -2.44. The molecule has 7 aromatic rings. The lowest BCUT2D eigenvalue weighted by Gasteiger charge is -2.27. The second-order valence-corrected chi connectivity index (χ2v) is 13.3. The number of amides is 2. The van der Waals surface area contributed by atoms with E-state index in [1.807, 2.05) is 0 Å². The third-order valence-electron chi connectivity index (χ3n) is 7.47. The molecule has 0 aliphatic carbocycles. The van der Waals surface area contributed by atoms with Gasteiger partial charge in [-0.25, -0.2) is 33.7 Å². The maximum Gasteiger partial charge on any atom is 0.427 e. The minimum Gasteiger partial charge on any atom is -0.463 e. The number of furan rings is 1. The minimum atomic E-state index is -1.04. The Morgan fingerprint density at radius 1 is 0.896 bits per heavy atom. The van der Waals surface area contributed by atoms with Gasteiger partial charge in [0.15, 0.2) is 0 Å². The van der Waals surface area contributed by atoms with E-state index in [9.17, 15) is 14.4 Å². The summed E-state index contributed by atoms with van der Waals surface area (Å²) >= 11 is 0. The first-order valence-corrected chi connectivity index (χ1v) is 15.1. The Balaban J connectivity index is 1.51. The standard InChI is InChI=1S/C35H30FN5O7/c1-34(2,3)47-32(43)41(33(44)48-35(4,5)6)31-38-22-12-8-7-10-19(22)23(39-31)17-40-24-16-21(36)18-13-15-45-28(18)26(24)25-20-11-9-14-37-29(20)46-30(42)27(25)40/h7-16H,17H2,1-6H3. The molecule has 0 saturated carbocycles. The smallest absolute Gasteiger partial charge is 0.427 e. The Morgan fingerprint density at radius 3 is 2.29 bits per heavy atom. The van der Waals surface area contributed by atoms with Gasteiger partial charge in [-0.1, -0.05) is 18.2 Å². The zero-order chi connectivity index (χ0) is 34.1. The number of para-hydroxylation sites is 1. The van der Waals surface area contributed by atoms with E-state index in [2.05, 4.69) is 15.0 Å². The number of fused-ring (bicyclic) bond motifs is 8. The van der Waals surface area contributed by atoms with Crippen LogP contribution in [0, 0.1) is 5.82 Å². The van der Waals surface area contributed by atoms with Crippen LogP contribution in [-0.2, 0) is 16.0 Å². The molecule has 7 rings (SSSR count). The molecule has 0 radical (unpaired) electrons. The first-order chi connectivity index (χ1) is 22.7. The number of nitrogens with zero attached hydrogens (tertiary/aromatic N) is 5. The molecule has 48 heavy (non-hydrogen) atoms. The Hall–Kier alpha value is -5.85. The normalized spacial score (nSPS) is 12.4. The van der Waals surface area contributed by atoms with Crippen molar-refractivity contribution in [1.82, 2.24) is 19.5 Å². The number of imide groups is 1. The van der Waals surface area contributed by atoms with E-state index in [1.165, 1.54) is 24.6 Å². The number of carbonyl (C=O) groups is 2. The first kappa shape index (κ1) is 30.8. The van der Waals surface area contributed by atoms with Gasteiger partial charge in [0, 0.05) is 22.4 Å². The topological polar surface area (TPSA) is 143 Å². The van der Waals surface area contributed by atoms with E-state index >= 15 is 4.39 Å². The summed E-state index contributed by atoms with van der Waals surface area (Å²) in [7, 11) is 0. The quantitative estimate of drug-likeness (QED) is 0.185. The molecule has 0 N–H and O–H groups in total.